The van der Waals surface area contributed by atoms with Crippen LogP contribution in [0.3, 0.4) is 0 Å². The molecule has 1 saturated heterocycles. The van der Waals surface area contributed by atoms with E-state index in [2.05, 4.69) is 5.32 Å². The van der Waals surface area contributed by atoms with Gasteiger partial charge in [-0.15, -0.1) is 0 Å². The Morgan fingerprint density at radius 3 is 2.89 bits per heavy atom. The molecule has 18 heavy (non-hydrogen) atoms. The quantitative estimate of drug-likeness (QED) is 0.873. The van der Waals surface area contributed by atoms with E-state index in [0.29, 0.717) is 5.69 Å². The summed E-state index contributed by atoms with van der Waals surface area (Å²) in [4.78, 5) is 13.7. The lowest BCUT2D eigenvalue weighted by molar-refractivity contribution is -0.120. The van der Waals surface area contributed by atoms with Gasteiger partial charge in [0.15, 0.2) is 0 Å². The van der Waals surface area contributed by atoms with Crippen molar-refractivity contribution in [2.75, 3.05) is 18.5 Å². The number of hydrogen-bond acceptors (Lipinski definition) is 2. The van der Waals surface area contributed by atoms with E-state index >= 15 is 0 Å². The number of hydrogen-bond donors (Lipinski definition) is 1. The lowest BCUT2D eigenvalue weighted by Crippen LogP contribution is -2.45. The van der Waals surface area contributed by atoms with Crippen molar-refractivity contribution in [1.82, 2.24) is 5.32 Å². The molecule has 1 aromatic carbocycles. The first-order valence-corrected chi connectivity index (χ1v) is 6.45. The van der Waals surface area contributed by atoms with Crippen molar-refractivity contribution in [2.45, 2.75) is 31.7 Å². The number of halogens is 1. The molecule has 1 aliphatic rings. The van der Waals surface area contributed by atoms with Crippen molar-refractivity contribution >= 4 is 11.6 Å². The number of rotatable bonds is 2. The lowest BCUT2D eigenvalue weighted by Gasteiger charge is -2.23. The molecule has 1 heterocycles. The molecule has 1 atom stereocenters. The van der Waals surface area contributed by atoms with Crippen LogP contribution in [-0.2, 0) is 4.79 Å². The molecule has 1 aliphatic heterocycles. The maximum atomic E-state index is 13.6. The number of carbonyl (C=O) groups is 1. The smallest absolute Gasteiger partial charge is 0.243 e. The number of nitrogens with zero attached hydrogens (tertiary/aromatic N) is 1. The third kappa shape index (κ3) is 2.88. The number of likely N-dealkylation sites (N-methyl/N-ethyl adjacent to an activating group) is 1. The zero-order valence-corrected chi connectivity index (χ0v) is 10.7. The highest BCUT2D eigenvalue weighted by atomic mass is 19.1. The standard InChI is InChI=1S/C14H19FN2O/c1-17(13-9-5-4-7-11(13)15)14(18)12-8-3-2-6-10-16-12/h4-5,7,9,12,16H,2-3,6,8,10H2,1H3. The molecule has 0 aromatic heterocycles. The fraction of sp³-hybridized carbons (Fsp3) is 0.500. The Morgan fingerprint density at radius 1 is 1.33 bits per heavy atom. The SMILES string of the molecule is CN(C(=O)C1CCCCCN1)c1ccccc1F. The van der Waals surface area contributed by atoms with Crippen LogP contribution in [0.5, 0.6) is 0 Å². The van der Waals surface area contributed by atoms with Crippen LogP contribution in [0.25, 0.3) is 0 Å². The molecule has 1 fully saturated rings. The summed E-state index contributed by atoms with van der Waals surface area (Å²) in [5, 5.41) is 3.24. The van der Waals surface area contributed by atoms with Crippen LogP contribution in [0.4, 0.5) is 10.1 Å². The number of carbonyl (C=O) groups excluding carboxylic acids is 1. The van der Waals surface area contributed by atoms with E-state index in [9.17, 15) is 9.18 Å². The van der Waals surface area contributed by atoms with E-state index in [1.54, 1.807) is 25.2 Å². The summed E-state index contributed by atoms with van der Waals surface area (Å²) < 4.78 is 13.6. The predicted octanol–water partition coefficient (Wildman–Crippen LogP) is 2.32. The van der Waals surface area contributed by atoms with Gasteiger partial charge in [0.05, 0.1) is 11.7 Å². The zero-order valence-electron chi connectivity index (χ0n) is 10.7. The molecule has 1 unspecified atom stereocenters. The van der Waals surface area contributed by atoms with Crippen LogP contribution < -0.4 is 10.2 Å². The van der Waals surface area contributed by atoms with Crippen molar-refractivity contribution in [3.8, 4) is 0 Å². The predicted molar refractivity (Wildman–Crippen MR) is 70.1 cm³/mol. The molecule has 0 aliphatic carbocycles. The molecule has 2 rings (SSSR count). The third-order valence-corrected chi connectivity index (χ3v) is 3.40. The average Bonchev–Trinajstić information content (AvgIpc) is 2.66. The minimum absolute atomic E-state index is 0.0537. The Hall–Kier alpha value is -1.42. The summed E-state index contributed by atoms with van der Waals surface area (Å²) in [5.74, 6) is -0.413. The molecule has 1 amide bonds. The maximum absolute atomic E-state index is 13.6. The van der Waals surface area contributed by atoms with Crippen LogP contribution >= 0.6 is 0 Å². The molecule has 4 heteroatoms. The van der Waals surface area contributed by atoms with Gasteiger partial charge in [0, 0.05) is 7.05 Å². The van der Waals surface area contributed by atoms with E-state index in [0.717, 1.165) is 32.2 Å². The topological polar surface area (TPSA) is 32.3 Å². The molecule has 1 N–H and O–H groups in total. The lowest BCUT2D eigenvalue weighted by atomic mass is 10.1. The first-order valence-electron chi connectivity index (χ1n) is 6.45. The molecule has 0 spiro atoms. The monoisotopic (exact) mass is 250 g/mol. The minimum Gasteiger partial charge on any atom is -0.311 e. The third-order valence-electron chi connectivity index (χ3n) is 3.40. The molecular formula is C14H19FN2O. The molecule has 1 aromatic rings. The van der Waals surface area contributed by atoms with Gasteiger partial charge >= 0.3 is 0 Å². The van der Waals surface area contributed by atoms with E-state index in [1.165, 1.54) is 11.0 Å². The van der Waals surface area contributed by atoms with Crippen molar-refractivity contribution in [3.63, 3.8) is 0 Å². The van der Waals surface area contributed by atoms with Crippen LogP contribution in [0.2, 0.25) is 0 Å². The fourth-order valence-electron chi connectivity index (χ4n) is 2.32. The van der Waals surface area contributed by atoms with Gasteiger partial charge in [-0.1, -0.05) is 25.0 Å². The largest absolute Gasteiger partial charge is 0.311 e. The maximum Gasteiger partial charge on any atom is 0.243 e. The average molecular weight is 250 g/mol. The normalized spacial score (nSPS) is 20.2. The summed E-state index contributed by atoms with van der Waals surface area (Å²) >= 11 is 0. The number of nitrogens with one attached hydrogen (secondary N) is 1. The van der Waals surface area contributed by atoms with Gasteiger partial charge in [-0.05, 0) is 31.5 Å². The Kier molecular flexibility index (Phi) is 4.31. The summed E-state index contributed by atoms with van der Waals surface area (Å²) in [6.45, 7) is 0.863. The zero-order chi connectivity index (χ0) is 13.0. The first-order chi connectivity index (χ1) is 8.70. The second-order valence-electron chi connectivity index (χ2n) is 4.70. The number of amides is 1. The van der Waals surface area contributed by atoms with Crippen LogP contribution in [0.1, 0.15) is 25.7 Å². The van der Waals surface area contributed by atoms with Crippen LogP contribution in [0.15, 0.2) is 24.3 Å². The van der Waals surface area contributed by atoms with E-state index in [4.69, 9.17) is 0 Å². The second-order valence-corrected chi connectivity index (χ2v) is 4.70. The molecule has 0 bridgehead atoms. The van der Waals surface area contributed by atoms with Gasteiger partial charge in [0.1, 0.15) is 5.82 Å². The summed E-state index contributed by atoms with van der Waals surface area (Å²) in [5.41, 5.74) is 0.341. The minimum atomic E-state index is -0.359. The molecular weight excluding hydrogens is 231 g/mol. The second kappa shape index (κ2) is 5.96. The Balaban J connectivity index is 2.10. The van der Waals surface area contributed by atoms with Crippen LogP contribution in [0, 0.1) is 5.82 Å². The molecule has 0 radical (unpaired) electrons. The van der Waals surface area contributed by atoms with Gasteiger partial charge in [0.2, 0.25) is 5.91 Å². The van der Waals surface area contributed by atoms with Crippen molar-refractivity contribution < 1.29 is 9.18 Å². The highest BCUT2D eigenvalue weighted by Gasteiger charge is 2.24. The van der Waals surface area contributed by atoms with E-state index < -0.39 is 0 Å². The molecule has 0 saturated carbocycles. The highest BCUT2D eigenvalue weighted by Crippen LogP contribution is 2.19. The van der Waals surface area contributed by atoms with Crippen molar-refractivity contribution in [3.05, 3.63) is 30.1 Å². The van der Waals surface area contributed by atoms with Gasteiger partial charge in [-0.25, -0.2) is 4.39 Å². The Bertz CT molecular complexity index is 414. The number of benzene rings is 1. The summed E-state index contributed by atoms with van der Waals surface area (Å²) in [6, 6.07) is 6.19. The van der Waals surface area contributed by atoms with Gasteiger partial charge < -0.3 is 10.2 Å². The van der Waals surface area contributed by atoms with Crippen LogP contribution in [-0.4, -0.2) is 25.5 Å². The van der Waals surface area contributed by atoms with Gasteiger partial charge in [-0.3, -0.25) is 4.79 Å². The van der Waals surface area contributed by atoms with E-state index in [1.807, 2.05) is 0 Å². The molecule has 98 valence electrons. The first kappa shape index (κ1) is 13.0. The van der Waals surface area contributed by atoms with E-state index in [-0.39, 0.29) is 17.8 Å². The number of anilines is 1. The van der Waals surface area contributed by atoms with Crippen molar-refractivity contribution in [1.29, 1.82) is 0 Å². The summed E-state index contributed by atoms with van der Waals surface area (Å²) in [6.07, 6.45) is 4.14. The fourth-order valence-corrected chi connectivity index (χ4v) is 2.32. The van der Waals surface area contributed by atoms with Crippen molar-refractivity contribution in [2.24, 2.45) is 0 Å². The molecule has 3 nitrogen and oxygen atoms in total. The summed E-state index contributed by atoms with van der Waals surface area (Å²) in [7, 11) is 1.63. The Morgan fingerprint density at radius 2 is 2.11 bits per heavy atom. The van der Waals surface area contributed by atoms with Gasteiger partial charge in [-0.2, -0.15) is 0 Å². The Labute approximate surface area is 107 Å². The van der Waals surface area contributed by atoms with Gasteiger partial charge in [0.25, 0.3) is 0 Å². The highest BCUT2D eigenvalue weighted by molar-refractivity contribution is 5.96. The number of para-hydroxylation sites is 1.